The molecule has 1 unspecified atom stereocenters. The van der Waals surface area contributed by atoms with Gasteiger partial charge < -0.3 is 15.8 Å². The van der Waals surface area contributed by atoms with Gasteiger partial charge in [-0.25, -0.2) is 19.0 Å². The van der Waals surface area contributed by atoms with Crippen LogP contribution in [0, 0.1) is 17.7 Å². The number of halogens is 1. The van der Waals surface area contributed by atoms with Crippen molar-refractivity contribution in [2.75, 3.05) is 24.3 Å². The lowest BCUT2D eigenvalue weighted by atomic mass is 10.1. The first-order valence-electron chi connectivity index (χ1n) is 14.1. The van der Waals surface area contributed by atoms with Gasteiger partial charge in [0.25, 0.3) is 5.91 Å². The molecule has 0 bridgehead atoms. The average Bonchev–Trinajstić information content (AvgIpc) is 3.63. The van der Waals surface area contributed by atoms with E-state index in [4.69, 9.17) is 15.6 Å². The smallest absolute Gasteiger partial charge is 0.280 e. The van der Waals surface area contributed by atoms with E-state index in [1.165, 1.54) is 30.6 Å². The van der Waals surface area contributed by atoms with Crippen molar-refractivity contribution in [2.45, 2.75) is 33.4 Å². The zero-order valence-corrected chi connectivity index (χ0v) is 23.8. The minimum Gasteiger partial charge on any atom is -0.383 e. The summed E-state index contributed by atoms with van der Waals surface area (Å²) in [6.07, 6.45) is 3.89. The Balaban J connectivity index is 1.30. The molecule has 1 atom stereocenters. The number of nitrogens with one attached hydrogen (secondary N) is 1. The van der Waals surface area contributed by atoms with E-state index in [2.05, 4.69) is 34.2 Å². The van der Waals surface area contributed by atoms with Crippen LogP contribution in [0.4, 0.5) is 15.9 Å². The number of aromatic nitrogens is 6. The second-order valence-electron chi connectivity index (χ2n) is 11.1. The average molecular weight is 583 g/mol. The fourth-order valence-electron chi connectivity index (χ4n) is 5.21. The lowest BCUT2D eigenvalue weighted by molar-refractivity contribution is 0.101. The molecule has 5 aromatic rings. The maximum atomic E-state index is 13.6. The second kappa shape index (κ2) is 11.7. The number of fused-ring (bicyclic) bond motifs is 1. The number of rotatable bonds is 8. The van der Waals surface area contributed by atoms with Crippen molar-refractivity contribution in [1.82, 2.24) is 29.5 Å². The van der Waals surface area contributed by atoms with Gasteiger partial charge in [-0.1, -0.05) is 38.1 Å². The van der Waals surface area contributed by atoms with Crippen molar-refractivity contribution < 1.29 is 13.9 Å². The predicted octanol–water partition coefficient (Wildman–Crippen LogP) is 4.38. The molecular weight excluding hydrogens is 551 g/mol. The summed E-state index contributed by atoms with van der Waals surface area (Å²) in [5.74, 6) is -0.185. The Kier molecular flexibility index (Phi) is 7.68. The lowest BCUT2D eigenvalue weighted by Gasteiger charge is -2.14. The van der Waals surface area contributed by atoms with Gasteiger partial charge in [0.15, 0.2) is 11.3 Å². The Bertz CT molecular complexity index is 1840. The highest BCUT2D eigenvalue weighted by atomic mass is 19.1. The van der Waals surface area contributed by atoms with Gasteiger partial charge >= 0.3 is 0 Å². The number of carbonyl (C=O) groups excluding carboxylic acids is 1. The number of anilines is 2. The highest BCUT2D eigenvalue weighted by molar-refractivity contribution is 6.03. The van der Waals surface area contributed by atoms with Crippen LogP contribution in [0.1, 0.15) is 30.8 Å². The van der Waals surface area contributed by atoms with E-state index < -0.39 is 17.2 Å². The highest BCUT2D eigenvalue weighted by Crippen LogP contribution is 2.31. The molecule has 1 amide bonds. The van der Waals surface area contributed by atoms with Gasteiger partial charge in [0.1, 0.15) is 23.7 Å². The molecule has 0 radical (unpaired) electrons. The van der Waals surface area contributed by atoms with E-state index in [1.807, 2.05) is 16.8 Å². The molecule has 0 aliphatic carbocycles. The van der Waals surface area contributed by atoms with E-state index in [-0.39, 0.29) is 17.2 Å². The lowest BCUT2D eigenvalue weighted by Crippen LogP contribution is -2.28. The molecule has 6 rings (SSSR count). The Morgan fingerprint density at radius 1 is 1.09 bits per heavy atom. The molecule has 4 heterocycles. The SMILES string of the molecule is CC(C)Cn1nc(-c2ccc(NC(=O)c3nn(CC4CCOC4)cc(-c4ccc(F)cc4)c3=O)cc2)c2c(N)ncnc21. The van der Waals surface area contributed by atoms with Crippen LogP contribution in [0.15, 0.2) is 65.8 Å². The van der Waals surface area contributed by atoms with E-state index >= 15 is 0 Å². The Morgan fingerprint density at radius 2 is 1.84 bits per heavy atom. The molecule has 43 heavy (non-hydrogen) atoms. The maximum absolute atomic E-state index is 13.6. The molecule has 3 aromatic heterocycles. The third kappa shape index (κ3) is 5.86. The summed E-state index contributed by atoms with van der Waals surface area (Å²) < 4.78 is 22.5. The van der Waals surface area contributed by atoms with Crippen molar-refractivity contribution >= 4 is 28.4 Å². The number of nitrogen functional groups attached to an aromatic ring is 1. The predicted molar refractivity (Wildman–Crippen MR) is 161 cm³/mol. The number of ether oxygens (including phenoxy) is 1. The van der Waals surface area contributed by atoms with E-state index in [0.717, 1.165) is 12.0 Å². The molecule has 220 valence electrons. The summed E-state index contributed by atoms with van der Waals surface area (Å²) in [7, 11) is 0. The van der Waals surface area contributed by atoms with Gasteiger partial charge in [0.05, 0.1) is 12.0 Å². The molecule has 1 aliphatic rings. The van der Waals surface area contributed by atoms with Crippen LogP contribution in [-0.4, -0.2) is 48.6 Å². The molecule has 1 aliphatic heterocycles. The molecule has 3 N–H and O–H groups in total. The van der Waals surface area contributed by atoms with Crippen LogP contribution < -0.4 is 16.5 Å². The Morgan fingerprint density at radius 3 is 2.53 bits per heavy atom. The van der Waals surface area contributed by atoms with Gasteiger partial charge in [0, 0.05) is 48.6 Å². The molecule has 0 spiro atoms. The van der Waals surface area contributed by atoms with Crippen LogP contribution in [0.2, 0.25) is 0 Å². The summed E-state index contributed by atoms with van der Waals surface area (Å²) in [5, 5.41) is 12.6. The third-order valence-corrected chi connectivity index (χ3v) is 7.32. The Labute approximate surface area is 246 Å². The molecular formula is C31H31FN8O3. The molecule has 11 nitrogen and oxygen atoms in total. The van der Waals surface area contributed by atoms with Crippen LogP contribution in [0.5, 0.6) is 0 Å². The number of hydrogen-bond donors (Lipinski definition) is 2. The van der Waals surface area contributed by atoms with Crippen LogP contribution in [0.3, 0.4) is 0 Å². The molecule has 0 saturated carbocycles. The van der Waals surface area contributed by atoms with Gasteiger partial charge in [-0.05, 0) is 42.2 Å². The maximum Gasteiger partial charge on any atom is 0.280 e. The summed E-state index contributed by atoms with van der Waals surface area (Å²) >= 11 is 0. The summed E-state index contributed by atoms with van der Waals surface area (Å²) in [6.45, 7) is 6.57. The highest BCUT2D eigenvalue weighted by Gasteiger charge is 2.22. The number of benzene rings is 2. The monoisotopic (exact) mass is 582 g/mol. The number of carbonyl (C=O) groups is 1. The van der Waals surface area contributed by atoms with Gasteiger partial charge in [-0.3, -0.25) is 14.3 Å². The first-order valence-corrected chi connectivity index (χ1v) is 14.1. The fraction of sp³-hybridized carbons (Fsp3) is 0.290. The van der Waals surface area contributed by atoms with E-state index in [0.29, 0.717) is 66.0 Å². The Hall–Kier alpha value is -4.97. The summed E-state index contributed by atoms with van der Waals surface area (Å²) in [5.41, 5.74) is 8.70. The molecule has 2 aromatic carbocycles. The minimum atomic E-state index is -0.651. The fourth-order valence-corrected chi connectivity index (χ4v) is 5.21. The summed E-state index contributed by atoms with van der Waals surface area (Å²) in [6, 6.07) is 12.6. The number of nitrogens with zero attached hydrogens (tertiary/aromatic N) is 6. The van der Waals surface area contributed by atoms with Crippen LogP contribution >= 0.6 is 0 Å². The van der Waals surface area contributed by atoms with Gasteiger partial charge in [0.2, 0.25) is 5.43 Å². The second-order valence-corrected chi connectivity index (χ2v) is 11.1. The van der Waals surface area contributed by atoms with E-state index in [1.54, 1.807) is 23.0 Å². The molecule has 12 heteroatoms. The van der Waals surface area contributed by atoms with Gasteiger partial charge in [-0.2, -0.15) is 10.2 Å². The van der Waals surface area contributed by atoms with Crippen molar-refractivity contribution in [3.63, 3.8) is 0 Å². The standard InChI is InChI=1S/C31H31FN8O3/c1-18(2)13-40-30-25(29(33)34-17-35-30)26(38-40)21-5-9-23(10-6-21)36-31(42)27-28(41)24(20-3-7-22(32)8-4-20)15-39(37-27)14-19-11-12-43-16-19/h3-10,15,17-19H,11-14,16H2,1-2H3,(H,36,42)(H2,33,34,35). The largest absolute Gasteiger partial charge is 0.383 e. The van der Waals surface area contributed by atoms with Crippen LogP contribution in [0.25, 0.3) is 33.4 Å². The topological polar surface area (TPSA) is 143 Å². The van der Waals surface area contributed by atoms with Crippen LogP contribution in [-0.2, 0) is 17.8 Å². The normalized spacial score (nSPS) is 14.9. The first kappa shape index (κ1) is 28.2. The van der Waals surface area contributed by atoms with Crippen molar-refractivity contribution in [3.05, 3.63) is 82.8 Å². The minimum absolute atomic E-state index is 0.207. The van der Waals surface area contributed by atoms with Crippen molar-refractivity contribution in [3.8, 4) is 22.4 Å². The quantitative estimate of drug-likeness (QED) is 0.274. The zero-order valence-electron chi connectivity index (χ0n) is 23.8. The summed E-state index contributed by atoms with van der Waals surface area (Å²) in [4.78, 5) is 35.4. The third-order valence-electron chi connectivity index (χ3n) is 7.32. The first-order chi connectivity index (χ1) is 20.8. The molecule has 1 saturated heterocycles. The van der Waals surface area contributed by atoms with E-state index in [9.17, 15) is 14.0 Å². The van der Waals surface area contributed by atoms with Crippen molar-refractivity contribution in [1.29, 1.82) is 0 Å². The molecule has 1 fully saturated rings. The zero-order chi connectivity index (χ0) is 30.1. The number of hydrogen-bond acceptors (Lipinski definition) is 8. The number of nitrogens with two attached hydrogens (primary N) is 1. The van der Waals surface area contributed by atoms with Crippen molar-refractivity contribution in [2.24, 2.45) is 11.8 Å². The van der Waals surface area contributed by atoms with Gasteiger partial charge in [-0.15, -0.1) is 0 Å². The number of amides is 1.